The lowest BCUT2D eigenvalue weighted by Gasteiger charge is -2.61. The van der Waals surface area contributed by atoms with Crippen molar-refractivity contribution in [2.24, 2.45) is 46.3 Å². The Morgan fingerprint density at radius 3 is 2.54 bits per heavy atom. The third-order valence-corrected chi connectivity index (χ3v) is 10.5. The molecule has 2 heteroatoms. The van der Waals surface area contributed by atoms with Crippen LogP contribution in [0.25, 0.3) is 0 Å². The number of amides is 1. The second kappa shape index (κ2) is 7.95. The Bertz CT molecular complexity index is 573. The van der Waals surface area contributed by atoms with Gasteiger partial charge in [-0.2, -0.15) is 0 Å². The van der Waals surface area contributed by atoms with Crippen LogP contribution in [0.3, 0.4) is 0 Å². The van der Waals surface area contributed by atoms with Gasteiger partial charge in [0.05, 0.1) is 0 Å². The lowest BCUT2D eigenvalue weighted by atomic mass is 9.44. The summed E-state index contributed by atoms with van der Waals surface area (Å²) in [6.07, 6.45) is 16.7. The summed E-state index contributed by atoms with van der Waals surface area (Å²) in [7, 11) is 0. The summed E-state index contributed by atoms with van der Waals surface area (Å²) >= 11 is 0. The second-order valence-corrected chi connectivity index (χ2v) is 11.6. The van der Waals surface area contributed by atoms with Gasteiger partial charge in [0.15, 0.2) is 0 Å². The molecule has 4 aliphatic rings. The lowest BCUT2D eigenvalue weighted by molar-refractivity contribution is -0.122. The van der Waals surface area contributed by atoms with E-state index < -0.39 is 0 Å². The van der Waals surface area contributed by atoms with Crippen LogP contribution < -0.4 is 5.32 Å². The van der Waals surface area contributed by atoms with Gasteiger partial charge in [-0.05, 0) is 111 Å². The molecular formula is C26H45NO. The first-order valence-corrected chi connectivity index (χ1v) is 12.7. The summed E-state index contributed by atoms with van der Waals surface area (Å²) in [6.45, 7) is 10.6. The summed E-state index contributed by atoms with van der Waals surface area (Å²) in [5, 5.41) is 2.99. The van der Waals surface area contributed by atoms with Crippen molar-refractivity contribution in [2.45, 2.75) is 105 Å². The van der Waals surface area contributed by atoms with Gasteiger partial charge >= 0.3 is 0 Å². The van der Waals surface area contributed by atoms with Gasteiger partial charge in [-0.15, -0.1) is 0 Å². The quantitative estimate of drug-likeness (QED) is 0.566. The highest BCUT2D eigenvalue weighted by atomic mass is 16.1. The van der Waals surface area contributed by atoms with Crippen LogP contribution in [0.1, 0.15) is 105 Å². The molecule has 0 aromatic rings. The number of carbonyl (C=O) groups excluding carboxylic acids is 1. The predicted molar refractivity (Wildman–Crippen MR) is 117 cm³/mol. The highest BCUT2D eigenvalue weighted by molar-refractivity contribution is 5.75. The second-order valence-electron chi connectivity index (χ2n) is 11.6. The normalized spacial score (nSPS) is 46.2. The molecule has 8 atom stereocenters. The Labute approximate surface area is 174 Å². The first-order chi connectivity index (χ1) is 13.4. The smallest absolute Gasteiger partial charge is 0.219 e. The number of hydrogen-bond donors (Lipinski definition) is 1. The number of hydrogen-bond acceptors (Lipinski definition) is 1. The van der Waals surface area contributed by atoms with Gasteiger partial charge in [0.2, 0.25) is 5.91 Å². The summed E-state index contributed by atoms with van der Waals surface area (Å²) < 4.78 is 0. The van der Waals surface area contributed by atoms with Crippen LogP contribution in [-0.4, -0.2) is 12.5 Å². The van der Waals surface area contributed by atoms with Gasteiger partial charge in [0.1, 0.15) is 0 Å². The molecule has 0 radical (unpaired) electrons. The Kier molecular flexibility index (Phi) is 5.89. The standard InChI is InChI=1S/C26H45NO/c1-5-27-24(28)14-9-18(2)21-12-13-22-20-11-10-19-8-6-7-16-25(19,3)23(20)15-17-26(21,22)4/h18-23H,5-17H2,1-4H3,(H,27,28)/t18-,19?,20?,21?,22?,23?,25?,26?/m1/s1. The van der Waals surface area contributed by atoms with Gasteiger partial charge in [0, 0.05) is 13.0 Å². The van der Waals surface area contributed by atoms with E-state index >= 15 is 0 Å². The van der Waals surface area contributed by atoms with Crippen LogP contribution >= 0.6 is 0 Å². The Balaban J connectivity index is 1.45. The average Bonchev–Trinajstić information content (AvgIpc) is 3.03. The summed E-state index contributed by atoms with van der Waals surface area (Å²) in [5.74, 6) is 5.78. The van der Waals surface area contributed by atoms with Crippen molar-refractivity contribution < 1.29 is 4.79 Å². The number of nitrogens with one attached hydrogen (secondary N) is 1. The Hall–Kier alpha value is -0.530. The van der Waals surface area contributed by atoms with Crippen LogP contribution in [0.4, 0.5) is 0 Å². The van der Waals surface area contributed by atoms with Gasteiger partial charge in [-0.1, -0.05) is 33.6 Å². The Morgan fingerprint density at radius 1 is 0.964 bits per heavy atom. The molecule has 0 spiro atoms. The fraction of sp³-hybridized carbons (Fsp3) is 0.962. The molecule has 2 nitrogen and oxygen atoms in total. The molecule has 0 saturated heterocycles. The minimum absolute atomic E-state index is 0.251. The molecule has 1 amide bonds. The van der Waals surface area contributed by atoms with Crippen LogP contribution in [0.5, 0.6) is 0 Å². The van der Waals surface area contributed by atoms with E-state index in [2.05, 4.69) is 26.1 Å². The lowest BCUT2D eigenvalue weighted by Crippen LogP contribution is -2.53. The van der Waals surface area contributed by atoms with Crippen molar-refractivity contribution in [3.8, 4) is 0 Å². The molecule has 4 fully saturated rings. The molecule has 4 rings (SSSR count). The van der Waals surface area contributed by atoms with E-state index in [-0.39, 0.29) is 5.91 Å². The molecule has 0 heterocycles. The minimum Gasteiger partial charge on any atom is -0.356 e. The molecule has 28 heavy (non-hydrogen) atoms. The van der Waals surface area contributed by atoms with Crippen LogP contribution in [0.15, 0.2) is 0 Å². The van der Waals surface area contributed by atoms with E-state index in [4.69, 9.17) is 0 Å². The number of carbonyl (C=O) groups is 1. The number of rotatable bonds is 5. The maximum absolute atomic E-state index is 12.0. The summed E-state index contributed by atoms with van der Waals surface area (Å²) in [4.78, 5) is 12.0. The third-order valence-electron chi connectivity index (χ3n) is 10.5. The van der Waals surface area contributed by atoms with Crippen LogP contribution in [-0.2, 0) is 4.79 Å². The zero-order chi connectivity index (χ0) is 19.9. The van der Waals surface area contributed by atoms with Crippen molar-refractivity contribution in [2.75, 3.05) is 6.54 Å². The van der Waals surface area contributed by atoms with Gasteiger partial charge in [-0.3, -0.25) is 4.79 Å². The molecule has 1 N–H and O–H groups in total. The van der Waals surface area contributed by atoms with Crippen molar-refractivity contribution >= 4 is 5.91 Å². The molecule has 160 valence electrons. The zero-order valence-corrected chi connectivity index (χ0v) is 19.1. The molecule has 0 aromatic heterocycles. The summed E-state index contributed by atoms with van der Waals surface area (Å²) in [6, 6.07) is 0. The molecule has 0 aromatic carbocycles. The van der Waals surface area contributed by atoms with Crippen molar-refractivity contribution in [3.05, 3.63) is 0 Å². The molecule has 4 saturated carbocycles. The molecule has 7 unspecified atom stereocenters. The van der Waals surface area contributed by atoms with E-state index in [0.29, 0.717) is 16.7 Å². The first kappa shape index (κ1) is 20.7. The zero-order valence-electron chi connectivity index (χ0n) is 19.1. The molecular weight excluding hydrogens is 342 g/mol. The monoisotopic (exact) mass is 387 g/mol. The summed E-state index contributed by atoms with van der Waals surface area (Å²) in [5.41, 5.74) is 1.20. The Morgan fingerprint density at radius 2 is 1.75 bits per heavy atom. The van der Waals surface area contributed by atoms with Crippen molar-refractivity contribution in [3.63, 3.8) is 0 Å². The van der Waals surface area contributed by atoms with E-state index in [0.717, 1.165) is 49.0 Å². The SMILES string of the molecule is CCNC(=O)CC[C@@H](C)C1CCC2C3CCC4CCCCC4(C)C3CCC21C. The van der Waals surface area contributed by atoms with E-state index in [1.807, 2.05) is 6.92 Å². The van der Waals surface area contributed by atoms with Crippen molar-refractivity contribution in [1.29, 1.82) is 0 Å². The highest BCUT2D eigenvalue weighted by Crippen LogP contribution is 2.68. The van der Waals surface area contributed by atoms with Gasteiger partial charge in [-0.25, -0.2) is 0 Å². The fourth-order valence-electron chi connectivity index (χ4n) is 9.12. The molecule has 4 aliphatic carbocycles. The van der Waals surface area contributed by atoms with Crippen LogP contribution in [0, 0.1) is 46.3 Å². The molecule has 0 aliphatic heterocycles. The van der Waals surface area contributed by atoms with E-state index in [1.165, 1.54) is 64.2 Å². The predicted octanol–water partition coefficient (Wildman–Crippen LogP) is 6.59. The third kappa shape index (κ3) is 3.35. The van der Waals surface area contributed by atoms with E-state index in [1.54, 1.807) is 0 Å². The highest BCUT2D eigenvalue weighted by Gasteiger charge is 2.60. The average molecular weight is 388 g/mol. The fourth-order valence-corrected chi connectivity index (χ4v) is 9.12. The van der Waals surface area contributed by atoms with Crippen LogP contribution in [0.2, 0.25) is 0 Å². The largest absolute Gasteiger partial charge is 0.356 e. The maximum Gasteiger partial charge on any atom is 0.219 e. The van der Waals surface area contributed by atoms with E-state index in [9.17, 15) is 4.79 Å². The van der Waals surface area contributed by atoms with Gasteiger partial charge < -0.3 is 5.32 Å². The topological polar surface area (TPSA) is 29.1 Å². The minimum atomic E-state index is 0.251. The van der Waals surface area contributed by atoms with Crippen molar-refractivity contribution in [1.82, 2.24) is 5.32 Å². The van der Waals surface area contributed by atoms with Gasteiger partial charge in [0.25, 0.3) is 0 Å². The molecule has 0 bridgehead atoms. The first-order valence-electron chi connectivity index (χ1n) is 12.7. The maximum atomic E-state index is 12.0. The number of fused-ring (bicyclic) bond motifs is 5.